The molecule has 0 fully saturated rings. The maximum absolute atomic E-state index is 14.8. The number of unbranched alkanes of at least 4 members (excludes halogenated alkanes) is 2. The van der Waals surface area contributed by atoms with Crippen LogP contribution in [0.1, 0.15) is 46.5 Å². The number of aliphatic imine (C=N–C) groups is 1. The van der Waals surface area contributed by atoms with Crippen LogP contribution in [0.5, 0.6) is 0 Å². The topological polar surface area (TPSA) is 80.7 Å². The molecule has 162 valence electrons. The van der Waals surface area contributed by atoms with Gasteiger partial charge in [-0.05, 0) is 26.7 Å². The molecule has 0 aliphatic carbocycles. The van der Waals surface area contributed by atoms with Gasteiger partial charge in [0.1, 0.15) is 6.73 Å². The molecule has 0 bridgehead atoms. The van der Waals surface area contributed by atoms with Gasteiger partial charge in [-0.25, -0.2) is 14.1 Å². The van der Waals surface area contributed by atoms with Gasteiger partial charge in [-0.2, -0.15) is 0 Å². The van der Waals surface area contributed by atoms with Crippen molar-refractivity contribution in [1.82, 2.24) is 9.80 Å². The predicted molar refractivity (Wildman–Crippen MR) is 106 cm³/mol. The smallest absolute Gasteiger partial charge is 0.417 e. The summed E-state index contributed by atoms with van der Waals surface area (Å²) >= 11 is 0. The standard InChI is InChI=1S/C19H34FN3O5/c1-6-8-9-12-28-19(25)23(15-27-7-2)18(21-4)17(20)13-22(14-24)11-10-16(3)26-5/h13-14,16H,6-12,15H2,1-5H3/b17-13+,21-18+. The lowest BCUT2D eigenvalue weighted by Gasteiger charge is -2.23. The van der Waals surface area contributed by atoms with Crippen LogP contribution < -0.4 is 0 Å². The fraction of sp³-hybridized carbons (Fsp3) is 0.737. The average Bonchev–Trinajstić information content (AvgIpc) is 2.70. The summed E-state index contributed by atoms with van der Waals surface area (Å²) in [6.07, 6.45) is 3.84. The number of halogens is 1. The van der Waals surface area contributed by atoms with E-state index in [1.807, 2.05) is 13.8 Å². The molecule has 0 aromatic heterocycles. The quantitative estimate of drug-likeness (QED) is 0.146. The fourth-order valence-corrected chi connectivity index (χ4v) is 2.13. The van der Waals surface area contributed by atoms with E-state index in [1.165, 1.54) is 7.05 Å². The highest BCUT2D eigenvalue weighted by Crippen LogP contribution is 2.11. The Morgan fingerprint density at radius 3 is 2.54 bits per heavy atom. The molecule has 28 heavy (non-hydrogen) atoms. The Hall–Kier alpha value is -2.00. The highest BCUT2D eigenvalue weighted by Gasteiger charge is 2.25. The molecule has 0 radical (unpaired) electrons. The van der Waals surface area contributed by atoms with E-state index in [1.54, 1.807) is 14.0 Å². The molecular formula is C19H34FN3O5. The summed E-state index contributed by atoms with van der Waals surface area (Å²) in [5.74, 6) is -1.11. The van der Waals surface area contributed by atoms with E-state index < -0.39 is 11.9 Å². The van der Waals surface area contributed by atoms with E-state index in [9.17, 15) is 14.0 Å². The van der Waals surface area contributed by atoms with E-state index >= 15 is 0 Å². The molecule has 0 aromatic carbocycles. The number of hydrogen-bond acceptors (Lipinski definition) is 6. The lowest BCUT2D eigenvalue weighted by Crippen LogP contribution is -2.40. The Labute approximate surface area is 167 Å². The third kappa shape index (κ3) is 10.4. The number of amides is 2. The zero-order chi connectivity index (χ0) is 21.4. The number of methoxy groups -OCH3 is 1. The molecule has 0 rings (SSSR count). The Kier molecular flexibility index (Phi) is 14.9. The van der Waals surface area contributed by atoms with Crippen LogP contribution in [-0.2, 0) is 19.0 Å². The van der Waals surface area contributed by atoms with E-state index in [4.69, 9.17) is 14.2 Å². The first kappa shape index (κ1) is 26.0. The van der Waals surface area contributed by atoms with E-state index in [2.05, 4.69) is 4.99 Å². The summed E-state index contributed by atoms with van der Waals surface area (Å²) in [5, 5.41) is 0. The predicted octanol–water partition coefficient (Wildman–Crippen LogP) is 3.33. The third-order valence-corrected chi connectivity index (χ3v) is 3.91. The lowest BCUT2D eigenvalue weighted by atomic mass is 10.3. The summed E-state index contributed by atoms with van der Waals surface area (Å²) in [6, 6.07) is 0. The SMILES string of the molecule is CCCCCOC(=O)N(COCC)C(=N/C)/C(F)=C\N(C=O)CCC(C)OC. The Morgan fingerprint density at radius 1 is 1.29 bits per heavy atom. The van der Waals surface area contributed by atoms with Gasteiger partial charge in [0.2, 0.25) is 6.41 Å². The van der Waals surface area contributed by atoms with Crippen molar-refractivity contribution in [3.63, 3.8) is 0 Å². The number of hydrogen-bond donors (Lipinski definition) is 0. The maximum Gasteiger partial charge on any atom is 0.417 e. The second kappa shape index (κ2) is 16.0. The summed E-state index contributed by atoms with van der Waals surface area (Å²) in [7, 11) is 2.91. The molecule has 1 unspecified atom stereocenters. The molecular weight excluding hydrogens is 369 g/mol. The lowest BCUT2D eigenvalue weighted by molar-refractivity contribution is -0.116. The minimum atomic E-state index is -0.843. The van der Waals surface area contributed by atoms with Crippen molar-refractivity contribution >= 4 is 18.3 Å². The first-order valence-corrected chi connectivity index (χ1v) is 9.55. The van der Waals surface area contributed by atoms with Gasteiger partial charge in [0.25, 0.3) is 0 Å². The van der Waals surface area contributed by atoms with Crippen molar-refractivity contribution in [3.05, 3.63) is 12.0 Å². The minimum Gasteiger partial charge on any atom is -0.449 e. The molecule has 9 heteroatoms. The number of carbonyl (C=O) groups excluding carboxylic acids is 2. The maximum atomic E-state index is 14.8. The van der Waals surface area contributed by atoms with Crippen LogP contribution in [0.2, 0.25) is 0 Å². The second-order valence-electron chi connectivity index (χ2n) is 6.07. The highest BCUT2D eigenvalue weighted by atomic mass is 19.1. The van der Waals surface area contributed by atoms with Crippen LogP contribution >= 0.6 is 0 Å². The first-order chi connectivity index (χ1) is 13.4. The Bertz CT molecular complexity index is 514. The van der Waals surface area contributed by atoms with Crippen LogP contribution in [0.4, 0.5) is 9.18 Å². The number of rotatable bonds is 14. The molecule has 0 heterocycles. The van der Waals surface area contributed by atoms with Crippen LogP contribution in [0, 0.1) is 0 Å². The molecule has 0 N–H and O–H groups in total. The molecule has 0 saturated carbocycles. The van der Waals surface area contributed by atoms with Crippen molar-refractivity contribution in [2.24, 2.45) is 4.99 Å². The molecule has 1 atom stereocenters. The normalized spacial score (nSPS) is 13.2. The molecule has 0 spiro atoms. The van der Waals surface area contributed by atoms with Gasteiger partial charge < -0.3 is 19.1 Å². The van der Waals surface area contributed by atoms with Crippen molar-refractivity contribution in [2.45, 2.75) is 52.6 Å². The number of ether oxygens (including phenoxy) is 3. The first-order valence-electron chi connectivity index (χ1n) is 9.55. The van der Waals surface area contributed by atoms with Crippen LogP contribution in [-0.4, -0.2) is 74.9 Å². The molecule has 0 aliphatic rings. The third-order valence-electron chi connectivity index (χ3n) is 3.91. The van der Waals surface area contributed by atoms with Gasteiger partial charge in [-0.1, -0.05) is 19.8 Å². The Morgan fingerprint density at radius 2 is 2.00 bits per heavy atom. The molecule has 0 aliphatic heterocycles. The van der Waals surface area contributed by atoms with Gasteiger partial charge in [0, 0.05) is 33.5 Å². The summed E-state index contributed by atoms with van der Waals surface area (Å²) < 4.78 is 30.4. The van der Waals surface area contributed by atoms with Crippen LogP contribution in [0.25, 0.3) is 0 Å². The molecule has 8 nitrogen and oxygen atoms in total. The van der Waals surface area contributed by atoms with Gasteiger partial charge in [0.15, 0.2) is 11.7 Å². The summed E-state index contributed by atoms with van der Waals surface area (Å²) in [4.78, 5) is 29.6. The zero-order valence-electron chi connectivity index (χ0n) is 17.6. The van der Waals surface area contributed by atoms with Gasteiger partial charge in [-0.15, -0.1) is 0 Å². The number of nitrogens with zero attached hydrogens (tertiary/aromatic N) is 3. The number of carbonyl (C=O) groups is 2. The van der Waals surface area contributed by atoms with Gasteiger partial charge in [0.05, 0.1) is 12.7 Å². The van der Waals surface area contributed by atoms with E-state index in [0.29, 0.717) is 19.4 Å². The van der Waals surface area contributed by atoms with E-state index in [0.717, 1.165) is 35.3 Å². The van der Waals surface area contributed by atoms with Gasteiger partial charge >= 0.3 is 6.09 Å². The van der Waals surface area contributed by atoms with Gasteiger partial charge in [-0.3, -0.25) is 9.79 Å². The molecule has 0 aromatic rings. The van der Waals surface area contributed by atoms with Crippen molar-refractivity contribution in [3.8, 4) is 0 Å². The summed E-state index contributed by atoms with van der Waals surface area (Å²) in [6.45, 7) is 6.25. The summed E-state index contributed by atoms with van der Waals surface area (Å²) in [5.41, 5.74) is 0. The largest absolute Gasteiger partial charge is 0.449 e. The van der Waals surface area contributed by atoms with Crippen molar-refractivity contribution in [2.75, 3.05) is 40.6 Å². The van der Waals surface area contributed by atoms with Crippen LogP contribution in [0.15, 0.2) is 17.0 Å². The highest BCUT2D eigenvalue weighted by molar-refractivity contribution is 6.04. The zero-order valence-corrected chi connectivity index (χ0v) is 17.6. The van der Waals surface area contributed by atoms with E-state index in [-0.39, 0.29) is 31.8 Å². The van der Waals surface area contributed by atoms with Crippen molar-refractivity contribution in [1.29, 1.82) is 0 Å². The van der Waals surface area contributed by atoms with Crippen molar-refractivity contribution < 1.29 is 28.2 Å². The number of amidine groups is 1. The van der Waals surface area contributed by atoms with Crippen LogP contribution in [0.3, 0.4) is 0 Å². The average molecular weight is 403 g/mol. The molecule has 0 saturated heterocycles. The fourth-order valence-electron chi connectivity index (χ4n) is 2.13. The molecule has 2 amide bonds. The monoisotopic (exact) mass is 403 g/mol. The minimum absolute atomic E-state index is 0.0780. The Balaban J connectivity index is 5.23. The second-order valence-corrected chi connectivity index (χ2v) is 6.07.